The third kappa shape index (κ3) is 3.03. The molecule has 0 spiro atoms. The fourth-order valence-electron chi connectivity index (χ4n) is 2.46. The Morgan fingerprint density at radius 1 is 1.00 bits per heavy atom. The van der Waals surface area contributed by atoms with Crippen molar-refractivity contribution in [1.29, 1.82) is 0 Å². The van der Waals surface area contributed by atoms with E-state index in [4.69, 9.17) is 0 Å². The van der Waals surface area contributed by atoms with E-state index in [0.29, 0.717) is 0 Å². The summed E-state index contributed by atoms with van der Waals surface area (Å²) in [6, 6.07) is 12.4. The number of benzene rings is 1. The lowest BCUT2D eigenvalue weighted by Crippen LogP contribution is -2.20. The van der Waals surface area contributed by atoms with Gasteiger partial charge in [0, 0.05) is 38.7 Å². The number of aromatic nitrogens is 4. The Bertz CT molecular complexity index is 699. The molecule has 0 unspecified atom stereocenters. The van der Waals surface area contributed by atoms with Gasteiger partial charge in [-0.2, -0.15) is 10.2 Å². The van der Waals surface area contributed by atoms with Crippen molar-refractivity contribution in [2.24, 2.45) is 7.05 Å². The predicted octanol–water partition coefficient (Wildman–Crippen LogP) is 2.24. The van der Waals surface area contributed by atoms with Gasteiger partial charge in [-0.1, -0.05) is 18.2 Å². The van der Waals surface area contributed by atoms with Crippen LogP contribution >= 0.6 is 0 Å². The first-order valence-corrected chi connectivity index (χ1v) is 6.97. The Morgan fingerprint density at radius 3 is 2.57 bits per heavy atom. The molecule has 1 aromatic carbocycles. The Morgan fingerprint density at radius 2 is 1.86 bits per heavy atom. The van der Waals surface area contributed by atoms with Crippen LogP contribution in [0.4, 0.5) is 0 Å². The lowest BCUT2D eigenvalue weighted by molar-refractivity contribution is 0.309. The highest BCUT2D eigenvalue weighted by Crippen LogP contribution is 2.16. The van der Waals surface area contributed by atoms with Gasteiger partial charge in [-0.15, -0.1) is 0 Å². The van der Waals surface area contributed by atoms with Gasteiger partial charge in [0.2, 0.25) is 0 Å². The smallest absolute Gasteiger partial charge is 0.0690 e. The van der Waals surface area contributed by atoms with E-state index in [9.17, 15) is 0 Å². The maximum atomic E-state index is 4.33. The summed E-state index contributed by atoms with van der Waals surface area (Å²) in [5, 5.41) is 8.54. The molecule has 2 heterocycles. The standard InChI is InChI=1S/C16H19N5/c1-19(13-15-8-10-17-20(15)2)12-14-6-3-4-7-16(14)21-11-5-9-18-21/h3-11H,12-13H2,1-2H3. The van der Waals surface area contributed by atoms with Crippen molar-refractivity contribution in [3.8, 4) is 5.69 Å². The average Bonchev–Trinajstić information content (AvgIpc) is 3.12. The molecule has 0 atom stereocenters. The van der Waals surface area contributed by atoms with Gasteiger partial charge in [-0.05, 0) is 30.8 Å². The first-order chi connectivity index (χ1) is 10.2. The number of nitrogens with zero attached hydrogens (tertiary/aromatic N) is 5. The van der Waals surface area contributed by atoms with Crippen LogP contribution in [0.1, 0.15) is 11.3 Å². The van der Waals surface area contributed by atoms with Crippen LogP contribution in [0.15, 0.2) is 55.0 Å². The topological polar surface area (TPSA) is 38.9 Å². The summed E-state index contributed by atoms with van der Waals surface area (Å²) in [6.45, 7) is 1.73. The van der Waals surface area contributed by atoms with Crippen LogP contribution in [0.2, 0.25) is 0 Å². The summed E-state index contributed by atoms with van der Waals surface area (Å²) in [5.74, 6) is 0. The normalized spacial score (nSPS) is 11.2. The SMILES string of the molecule is CN(Cc1ccccc1-n1cccn1)Cc1ccnn1C. The predicted molar refractivity (Wildman–Crippen MR) is 81.9 cm³/mol. The van der Waals surface area contributed by atoms with Crippen molar-refractivity contribution >= 4 is 0 Å². The second-order valence-electron chi connectivity index (χ2n) is 5.20. The van der Waals surface area contributed by atoms with Crippen molar-refractivity contribution in [2.75, 3.05) is 7.05 Å². The van der Waals surface area contributed by atoms with Crippen molar-refractivity contribution in [3.05, 3.63) is 66.2 Å². The van der Waals surface area contributed by atoms with E-state index in [0.717, 1.165) is 18.8 Å². The maximum absolute atomic E-state index is 4.33. The summed E-state index contributed by atoms with van der Waals surface area (Å²) in [4.78, 5) is 2.28. The van der Waals surface area contributed by atoms with E-state index in [1.807, 2.05) is 40.9 Å². The number of hydrogen-bond donors (Lipinski definition) is 0. The molecule has 3 rings (SSSR count). The molecule has 108 valence electrons. The third-order valence-electron chi connectivity index (χ3n) is 3.54. The van der Waals surface area contributed by atoms with E-state index in [-0.39, 0.29) is 0 Å². The highest BCUT2D eigenvalue weighted by molar-refractivity contribution is 5.40. The second-order valence-corrected chi connectivity index (χ2v) is 5.20. The van der Waals surface area contributed by atoms with Crippen LogP contribution in [0.5, 0.6) is 0 Å². The van der Waals surface area contributed by atoms with Gasteiger partial charge in [0.05, 0.1) is 11.4 Å². The van der Waals surface area contributed by atoms with Crippen molar-refractivity contribution in [1.82, 2.24) is 24.5 Å². The molecule has 5 heteroatoms. The third-order valence-corrected chi connectivity index (χ3v) is 3.54. The fourth-order valence-corrected chi connectivity index (χ4v) is 2.46. The van der Waals surface area contributed by atoms with Crippen molar-refractivity contribution in [2.45, 2.75) is 13.1 Å². The van der Waals surface area contributed by atoms with E-state index in [2.05, 4.69) is 46.4 Å². The molecular weight excluding hydrogens is 262 g/mol. The molecule has 0 fully saturated rings. The molecule has 3 aromatic rings. The monoisotopic (exact) mass is 281 g/mol. The Labute approximate surface area is 124 Å². The Hall–Kier alpha value is -2.40. The van der Waals surface area contributed by atoms with E-state index in [1.54, 1.807) is 6.20 Å². The molecule has 0 radical (unpaired) electrons. The number of aryl methyl sites for hydroxylation is 1. The highest BCUT2D eigenvalue weighted by Gasteiger charge is 2.09. The molecular formula is C16H19N5. The van der Waals surface area contributed by atoms with Crippen LogP contribution in [0, 0.1) is 0 Å². The van der Waals surface area contributed by atoms with Crippen LogP contribution in [-0.2, 0) is 20.1 Å². The molecule has 0 saturated heterocycles. The fraction of sp³-hybridized carbons (Fsp3) is 0.250. The van der Waals surface area contributed by atoms with Crippen LogP contribution in [-0.4, -0.2) is 31.5 Å². The number of hydrogen-bond acceptors (Lipinski definition) is 3. The molecule has 5 nitrogen and oxygen atoms in total. The molecule has 0 aliphatic carbocycles. The van der Waals surface area contributed by atoms with Crippen LogP contribution in [0.25, 0.3) is 5.69 Å². The zero-order chi connectivity index (χ0) is 14.7. The Kier molecular flexibility index (Phi) is 3.83. The molecule has 0 aliphatic rings. The minimum absolute atomic E-state index is 0.862. The number of para-hydroxylation sites is 1. The Balaban J connectivity index is 1.77. The zero-order valence-electron chi connectivity index (χ0n) is 12.3. The van der Waals surface area contributed by atoms with Gasteiger partial charge < -0.3 is 0 Å². The van der Waals surface area contributed by atoms with Gasteiger partial charge in [-0.25, -0.2) is 4.68 Å². The first kappa shape index (κ1) is 13.6. The van der Waals surface area contributed by atoms with Crippen LogP contribution in [0.3, 0.4) is 0 Å². The first-order valence-electron chi connectivity index (χ1n) is 6.97. The minimum atomic E-state index is 0.862. The van der Waals surface area contributed by atoms with Crippen molar-refractivity contribution < 1.29 is 0 Å². The lowest BCUT2D eigenvalue weighted by Gasteiger charge is -2.19. The van der Waals surface area contributed by atoms with Gasteiger partial charge in [0.15, 0.2) is 0 Å². The maximum Gasteiger partial charge on any atom is 0.0690 e. The largest absolute Gasteiger partial charge is 0.296 e. The minimum Gasteiger partial charge on any atom is -0.296 e. The van der Waals surface area contributed by atoms with E-state index in [1.165, 1.54) is 11.3 Å². The van der Waals surface area contributed by atoms with Gasteiger partial charge in [0.1, 0.15) is 0 Å². The molecule has 21 heavy (non-hydrogen) atoms. The molecule has 2 aromatic heterocycles. The quantitative estimate of drug-likeness (QED) is 0.720. The summed E-state index contributed by atoms with van der Waals surface area (Å²) in [7, 11) is 4.09. The molecule has 0 bridgehead atoms. The summed E-state index contributed by atoms with van der Waals surface area (Å²) < 4.78 is 3.82. The summed E-state index contributed by atoms with van der Waals surface area (Å²) >= 11 is 0. The zero-order valence-corrected chi connectivity index (χ0v) is 12.3. The van der Waals surface area contributed by atoms with Gasteiger partial charge >= 0.3 is 0 Å². The van der Waals surface area contributed by atoms with Gasteiger partial charge in [0.25, 0.3) is 0 Å². The molecule has 0 amide bonds. The lowest BCUT2D eigenvalue weighted by atomic mass is 10.1. The van der Waals surface area contributed by atoms with Crippen LogP contribution < -0.4 is 0 Å². The number of rotatable bonds is 5. The second kappa shape index (κ2) is 5.93. The van der Waals surface area contributed by atoms with Crippen molar-refractivity contribution in [3.63, 3.8) is 0 Å². The van der Waals surface area contributed by atoms with E-state index < -0.39 is 0 Å². The van der Waals surface area contributed by atoms with Gasteiger partial charge in [-0.3, -0.25) is 9.58 Å². The summed E-state index contributed by atoms with van der Waals surface area (Å²) in [5.41, 5.74) is 3.58. The average molecular weight is 281 g/mol. The molecule has 0 aliphatic heterocycles. The highest BCUT2D eigenvalue weighted by atomic mass is 15.3. The van der Waals surface area contributed by atoms with E-state index >= 15 is 0 Å². The molecule has 0 N–H and O–H groups in total. The molecule has 0 saturated carbocycles. The summed E-state index contributed by atoms with van der Waals surface area (Å²) in [6.07, 6.45) is 5.61.